The van der Waals surface area contributed by atoms with Crippen LogP contribution in [0.2, 0.25) is 0 Å². The monoisotopic (exact) mass is 248 g/mol. The molecule has 2 nitrogen and oxygen atoms in total. The van der Waals surface area contributed by atoms with E-state index in [2.05, 4.69) is 21.2 Å². The average molecular weight is 248 g/mol. The van der Waals surface area contributed by atoms with Gasteiger partial charge in [-0.1, -0.05) is 0 Å². The highest BCUT2D eigenvalue weighted by atomic mass is 127. The second-order valence-corrected chi connectivity index (χ2v) is 2.76. The Balaban J connectivity index is 2.53. The third-order valence-corrected chi connectivity index (χ3v) is 1.70. The molecule has 0 bridgehead atoms. The minimum Gasteiger partial charge on any atom is -0.396 e. The summed E-state index contributed by atoms with van der Waals surface area (Å²) in [6.07, 6.45) is 1.80. The van der Waals surface area contributed by atoms with Gasteiger partial charge < -0.3 is 9.29 Å². The van der Waals surface area contributed by atoms with Gasteiger partial charge in [0.15, 0.2) is 0 Å². The summed E-state index contributed by atoms with van der Waals surface area (Å²) in [6, 6.07) is 0. The molecule has 0 saturated carbocycles. The van der Waals surface area contributed by atoms with Crippen molar-refractivity contribution in [3.8, 4) is 0 Å². The van der Waals surface area contributed by atoms with E-state index in [1.165, 1.54) is 9.21 Å². The quantitative estimate of drug-likeness (QED) is 0.457. The number of aliphatic hydroxyl groups excluding tert-OH is 1. The van der Waals surface area contributed by atoms with Crippen molar-refractivity contribution < 1.29 is 9.29 Å². The highest BCUT2D eigenvalue weighted by Gasteiger charge is 1.84. The van der Waals surface area contributed by atoms with E-state index in [0.29, 0.717) is 0 Å². The molecule has 0 radical (unpaired) electrons. The minimum absolute atomic E-state index is 0.273. The zero-order chi connectivity index (χ0) is 6.24. The van der Waals surface area contributed by atoms with Gasteiger partial charge in [0, 0.05) is 27.8 Å². The first kappa shape index (κ1) is 9.00. The van der Waals surface area contributed by atoms with E-state index < -0.39 is 0 Å². The van der Waals surface area contributed by atoms with Crippen molar-refractivity contribution in [3.63, 3.8) is 0 Å². The lowest BCUT2D eigenvalue weighted by Gasteiger charge is -1.94. The Bertz CT molecular complexity index is 39.0. The van der Waals surface area contributed by atoms with Gasteiger partial charge in [-0.2, -0.15) is 0 Å². The van der Waals surface area contributed by atoms with Crippen molar-refractivity contribution in [2.45, 2.75) is 12.8 Å². The number of hydrogen-bond acceptors (Lipinski definition) is 3. The van der Waals surface area contributed by atoms with Crippen molar-refractivity contribution in [3.05, 3.63) is 0 Å². The predicted octanol–water partition coefficient (Wildman–Crippen LogP) is 1.77. The molecule has 0 aliphatic heterocycles. The molecule has 4 heteroatoms. The maximum absolute atomic E-state index is 8.30. The van der Waals surface area contributed by atoms with Crippen LogP contribution in [0.25, 0.3) is 0 Å². The number of rotatable bonds is 5. The minimum atomic E-state index is 0.273. The van der Waals surface area contributed by atoms with E-state index >= 15 is 0 Å². The van der Waals surface area contributed by atoms with E-state index in [1.807, 2.05) is 0 Å². The summed E-state index contributed by atoms with van der Waals surface area (Å²) in [5.74, 6) is 0. The van der Waals surface area contributed by atoms with Crippen LogP contribution >= 0.6 is 30.4 Å². The molecule has 1 N–H and O–H groups in total. The van der Waals surface area contributed by atoms with Gasteiger partial charge in [0.25, 0.3) is 0 Å². The number of hydrogen-bond donors (Lipinski definition) is 1. The maximum atomic E-state index is 8.30. The van der Waals surface area contributed by atoms with E-state index in [0.717, 1.165) is 19.4 Å². The van der Waals surface area contributed by atoms with E-state index in [9.17, 15) is 0 Å². The van der Waals surface area contributed by atoms with Crippen LogP contribution in [0, 0.1) is 0 Å². The van der Waals surface area contributed by atoms with Gasteiger partial charge in [-0.25, -0.2) is 0 Å². The van der Waals surface area contributed by atoms with Crippen molar-refractivity contribution in [2.75, 3.05) is 13.2 Å². The van der Waals surface area contributed by atoms with Crippen LogP contribution in [0.3, 0.4) is 0 Å². The highest BCUT2D eigenvalue weighted by molar-refractivity contribution is 14.2. The number of halogens is 1. The lowest BCUT2D eigenvalue weighted by Crippen LogP contribution is -1.87. The number of aliphatic hydroxyl groups is 1. The largest absolute Gasteiger partial charge is 0.396 e. The molecule has 0 heterocycles. The molecular weight excluding hydrogens is 239 g/mol. The fourth-order valence-electron chi connectivity index (χ4n) is 0.304. The van der Waals surface area contributed by atoms with Crippen LogP contribution in [0.1, 0.15) is 12.8 Å². The lowest BCUT2D eigenvalue weighted by atomic mass is 10.3. The van der Waals surface area contributed by atoms with Gasteiger partial charge in [-0.3, -0.25) is 0 Å². The zero-order valence-electron chi connectivity index (χ0n) is 4.47. The van der Waals surface area contributed by atoms with Crippen LogP contribution in [0.4, 0.5) is 0 Å². The molecule has 0 spiro atoms. The Hall–Kier alpha value is 1.00. The Morgan fingerprint density at radius 2 is 2.25 bits per heavy atom. The molecule has 0 fully saturated rings. The summed E-state index contributed by atoms with van der Waals surface area (Å²) < 4.78 is 4.93. The Labute approximate surface area is 65.8 Å². The molecule has 0 aromatic carbocycles. The molecular formula is C4H9IO2S. The fraction of sp³-hybridized carbons (Fsp3) is 1.00. The van der Waals surface area contributed by atoms with Crippen LogP contribution in [-0.2, 0) is 4.18 Å². The van der Waals surface area contributed by atoms with Crippen LogP contribution in [0.15, 0.2) is 0 Å². The maximum Gasteiger partial charge on any atom is 0.0650 e. The topological polar surface area (TPSA) is 29.5 Å². The first-order valence-electron chi connectivity index (χ1n) is 2.43. The van der Waals surface area contributed by atoms with Crippen molar-refractivity contribution in [2.24, 2.45) is 0 Å². The van der Waals surface area contributed by atoms with Gasteiger partial charge in [0.05, 0.1) is 15.8 Å². The SMILES string of the molecule is OCCCCOSI. The highest BCUT2D eigenvalue weighted by Crippen LogP contribution is 2.12. The van der Waals surface area contributed by atoms with Crippen molar-refractivity contribution >= 4 is 30.4 Å². The first-order valence-corrected chi connectivity index (χ1v) is 5.71. The molecule has 0 amide bonds. The van der Waals surface area contributed by atoms with Crippen LogP contribution in [-0.4, -0.2) is 18.3 Å². The Kier molecular flexibility index (Phi) is 9.00. The first-order chi connectivity index (χ1) is 3.91. The molecule has 8 heavy (non-hydrogen) atoms. The average Bonchev–Trinajstić information content (AvgIpc) is 1.81. The summed E-state index contributed by atoms with van der Waals surface area (Å²) >= 11 is 2.07. The van der Waals surface area contributed by atoms with E-state index in [-0.39, 0.29) is 6.61 Å². The summed E-state index contributed by atoms with van der Waals surface area (Å²) in [6.45, 7) is 1.02. The number of unbranched alkanes of at least 4 members (excludes halogenated alkanes) is 1. The van der Waals surface area contributed by atoms with Gasteiger partial charge in [0.2, 0.25) is 0 Å². The molecule has 0 atom stereocenters. The lowest BCUT2D eigenvalue weighted by molar-refractivity contribution is 0.266. The van der Waals surface area contributed by atoms with Gasteiger partial charge in [0.1, 0.15) is 0 Å². The molecule has 0 aliphatic rings. The smallest absolute Gasteiger partial charge is 0.0650 e. The second kappa shape index (κ2) is 8.00. The van der Waals surface area contributed by atoms with Gasteiger partial charge in [-0.05, 0) is 12.8 Å². The normalized spacial score (nSPS) is 9.75. The van der Waals surface area contributed by atoms with Crippen molar-refractivity contribution in [1.82, 2.24) is 0 Å². The second-order valence-electron chi connectivity index (χ2n) is 1.32. The van der Waals surface area contributed by atoms with E-state index in [1.54, 1.807) is 0 Å². The molecule has 0 aliphatic carbocycles. The van der Waals surface area contributed by atoms with Gasteiger partial charge >= 0.3 is 0 Å². The third kappa shape index (κ3) is 7.00. The standard InChI is InChI=1S/C4H9IO2S/c5-8-7-4-2-1-3-6/h6H,1-4H2. The molecule has 0 unspecified atom stereocenters. The predicted molar refractivity (Wildman–Crippen MR) is 43.9 cm³/mol. The van der Waals surface area contributed by atoms with Crippen LogP contribution < -0.4 is 0 Å². The van der Waals surface area contributed by atoms with E-state index in [4.69, 9.17) is 9.29 Å². The summed E-state index contributed by atoms with van der Waals surface area (Å²) in [5, 5.41) is 8.30. The van der Waals surface area contributed by atoms with Gasteiger partial charge in [-0.15, -0.1) is 0 Å². The molecule has 0 rings (SSSR count). The zero-order valence-corrected chi connectivity index (χ0v) is 7.44. The fourth-order valence-corrected chi connectivity index (χ4v) is 1.02. The molecule has 50 valence electrons. The Morgan fingerprint density at radius 3 is 2.75 bits per heavy atom. The summed E-state index contributed by atoms with van der Waals surface area (Å²) in [5.41, 5.74) is 0. The third-order valence-electron chi connectivity index (χ3n) is 0.680. The van der Waals surface area contributed by atoms with Crippen LogP contribution in [0.5, 0.6) is 0 Å². The molecule has 0 aromatic heterocycles. The Morgan fingerprint density at radius 1 is 1.50 bits per heavy atom. The summed E-state index contributed by atoms with van der Waals surface area (Å²) in [4.78, 5) is 0. The van der Waals surface area contributed by atoms with Crippen molar-refractivity contribution in [1.29, 1.82) is 0 Å². The molecule has 0 saturated heterocycles. The summed E-state index contributed by atoms with van der Waals surface area (Å²) in [7, 11) is 1.34. The molecule has 0 aromatic rings.